The van der Waals surface area contributed by atoms with Gasteiger partial charge in [-0.2, -0.15) is 0 Å². The van der Waals surface area contributed by atoms with E-state index >= 15 is 0 Å². The predicted molar refractivity (Wildman–Crippen MR) is 79.7 cm³/mol. The number of aliphatic hydroxyl groups excluding tert-OH is 1. The van der Waals surface area contributed by atoms with E-state index in [4.69, 9.17) is 0 Å². The molecule has 0 aliphatic heterocycles. The molecule has 0 amide bonds. The van der Waals surface area contributed by atoms with Crippen LogP contribution < -0.4 is 0 Å². The van der Waals surface area contributed by atoms with E-state index in [1.54, 1.807) is 6.08 Å². The molecule has 1 aromatic rings. The first-order valence-corrected chi connectivity index (χ1v) is 6.32. The normalized spacial score (nSPS) is 14.7. The molecule has 1 rings (SSSR count). The lowest BCUT2D eigenvalue weighted by Gasteiger charge is -2.06. The zero-order valence-electron chi connectivity index (χ0n) is 11.4. The van der Waals surface area contributed by atoms with Gasteiger partial charge in [0.1, 0.15) is 6.29 Å². The van der Waals surface area contributed by atoms with Crippen LogP contribution in [0.4, 0.5) is 0 Å². The van der Waals surface area contributed by atoms with Gasteiger partial charge in [-0.05, 0) is 31.9 Å². The maximum Gasteiger partial charge on any atom is 0.142 e. The number of aliphatic hydroxyl groups is 1. The summed E-state index contributed by atoms with van der Waals surface area (Å²) in [6, 6.07) is 10.0. The summed E-state index contributed by atoms with van der Waals surface area (Å²) in [4.78, 5) is 10.3. The Balaban J connectivity index is 2.59. The van der Waals surface area contributed by atoms with Crippen LogP contribution >= 0.6 is 0 Å². The first-order valence-electron chi connectivity index (χ1n) is 6.32. The van der Waals surface area contributed by atoms with Crippen LogP contribution in [0.15, 0.2) is 59.7 Å². The Labute approximate surface area is 114 Å². The van der Waals surface area contributed by atoms with E-state index in [-0.39, 0.29) is 0 Å². The minimum atomic E-state index is -0.559. The summed E-state index contributed by atoms with van der Waals surface area (Å²) in [6.07, 6.45) is 7.91. The van der Waals surface area contributed by atoms with E-state index in [1.165, 1.54) is 6.08 Å². The Bertz CT molecular complexity index is 481. The Hall–Kier alpha value is -1.93. The van der Waals surface area contributed by atoms with Crippen molar-refractivity contribution < 1.29 is 9.90 Å². The molecule has 1 N–H and O–H groups in total. The van der Waals surface area contributed by atoms with Gasteiger partial charge in [-0.15, -0.1) is 0 Å². The standard InChI is InChI=1S/C17H20O2/c1-14(8-9-16-6-4-3-5-7-16)12-17(19)13-15(2)10-11-18/h3-12,17,19H,13H2,1-2H3/b9-8+,14-12+,15-10+. The molecule has 0 radical (unpaired) electrons. The summed E-state index contributed by atoms with van der Waals surface area (Å²) in [5.41, 5.74) is 3.00. The first-order chi connectivity index (χ1) is 9.11. The molecule has 1 atom stereocenters. The third-order valence-corrected chi connectivity index (χ3v) is 2.68. The second kappa shape index (κ2) is 8.22. The van der Waals surface area contributed by atoms with Gasteiger partial charge in [0.25, 0.3) is 0 Å². The Kier molecular flexibility index (Phi) is 6.55. The van der Waals surface area contributed by atoms with Crippen molar-refractivity contribution in [3.63, 3.8) is 0 Å². The number of aldehydes is 1. The molecule has 19 heavy (non-hydrogen) atoms. The van der Waals surface area contributed by atoms with Gasteiger partial charge >= 0.3 is 0 Å². The molecule has 2 heteroatoms. The maximum atomic E-state index is 10.3. The molecular formula is C17H20O2. The number of hydrogen-bond donors (Lipinski definition) is 1. The molecule has 1 aromatic carbocycles. The fourth-order valence-corrected chi connectivity index (χ4v) is 1.72. The van der Waals surface area contributed by atoms with Crippen LogP contribution in [0, 0.1) is 0 Å². The van der Waals surface area contributed by atoms with E-state index in [9.17, 15) is 9.90 Å². The monoisotopic (exact) mass is 256 g/mol. The molecule has 1 unspecified atom stereocenters. The van der Waals surface area contributed by atoms with Crippen LogP contribution in [0.1, 0.15) is 25.8 Å². The summed E-state index contributed by atoms with van der Waals surface area (Å²) in [5, 5.41) is 9.85. The molecule has 0 spiro atoms. The quantitative estimate of drug-likeness (QED) is 0.480. The molecule has 100 valence electrons. The van der Waals surface area contributed by atoms with E-state index in [1.807, 2.05) is 56.3 Å². The van der Waals surface area contributed by atoms with Crippen molar-refractivity contribution in [3.05, 3.63) is 65.3 Å². The van der Waals surface area contributed by atoms with Crippen LogP contribution in [0.3, 0.4) is 0 Å². The van der Waals surface area contributed by atoms with Crippen molar-refractivity contribution in [3.8, 4) is 0 Å². The first kappa shape index (κ1) is 15.1. The highest BCUT2D eigenvalue weighted by molar-refractivity contribution is 5.65. The summed E-state index contributed by atoms with van der Waals surface area (Å²) >= 11 is 0. The minimum Gasteiger partial charge on any atom is -0.389 e. The topological polar surface area (TPSA) is 37.3 Å². The molecule has 0 fully saturated rings. The number of carbonyl (C=O) groups excluding carboxylic acids is 1. The third kappa shape index (κ3) is 6.53. The zero-order chi connectivity index (χ0) is 14.1. The molecule has 0 heterocycles. The molecule has 0 aliphatic rings. The number of allylic oxidation sites excluding steroid dienone is 3. The molecular weight excluding hydrogens is 236 g/mol. The Morgan fingerprint density at radius 2 is 1.95 bits per heavy atom. The van der Waals surface area contributed by atoms with Crippen molar-refractivity contribution in [2.24, 2.45) is 0 Å². The highest BCUT2D eigenvalue weighted by Crippen LogP contribution is 2.09. The average Bonchev–Trinajstić information content (AvgIpc) is 2.37. The van der Waals surface area contributed by atoms with Crippen molar-refractivity contribution in [2.75, 3.05) is 0 Å². The van der Waals surface area contributed by atoms with E-state index in [2.05, 4.69) is 0 Å². The number of hydrogen-bond acceptors (Lipinski definition) is 2. The minimum absolute atomic E-state index is 0.481. The van der Waals surface area contributed by atoms with E-state index in [0.29, 0.717) is 6.42 Å². The van der Waals surface area contributed by atoms with Crippen molar-refractivity contribution in [2.45, 2.75) is 26.4 Å². The summed E-state index contributed by atoms with van der Waals surface area (Å²) in [6.45, 7) is 3.78. The van der Waals surface area contributed by atoms with Crippen molar-refractivity contribution in [1.82, 2.24) is 0 Å². The third-order valence-electron chi connectivity index (χ3n) is 2.68. The molecule has 0 saturated carbocycles. The van der Waals surface area contributed by atoms with E-state index < -0.39 is 6.10 Å². The molecule has 2 nitrogen and oxygen atoms in total. The van der Waals surface area contributed by atoms with E-state index in [0.717, 1.165) is 23.0 Å². The smallest absolute Gasteiger partial charge is 0.142 e. The van der Waals surface area contributed by atoms with Gasteiger partial charge in [0.15, 0.2) is 0 Å². The maximum absolute atomic E-state index is 10.3. The zero-order valence-corrected chi connectivity index (χ0v) is 11.4. The van der Waals surface area contributed by atoms with Crippen LogP contribution in [-0.2, 0) is 4.79 Å². The van der Waals surface area contributed by atoms with Gasteiger partial charge in [-0.25, -0.2) is 0 Å². The summed E-state index contributed by atoms with van der Waals surface area (Å²) in [5.74, 6) is 0. The second-order valence-corrected chi connectivity index (χ2v) is 4.58. The van der Waals surface area contributed by atoms with Crippen molar-refractivity contribution in [1.29, 1.82) is 0 Å². The van der Waals surface area contributed by atoms with Gasteiger partial charge in [0.05, 0.1) is 6.10 Å². The van der Waals surface area contributed by atoms with Crippen LogP contribution in [0.25, 0.3) is 6.08 Å². The Morgan fingerprint density at radius 3 is 2.58 bits per heavy atom. The lowest BCUT2D eigenvalue weighted by Crippen LogP contribution is -2.03. The van der Waals surface area contributed by atoms with Gasteiger partial charge in [0.2, 0.25) is 0 Å². The lowest BCUT2D eigenvalue weighted by molar-refractivity contribution is -0.104. The van der Waals surface area contributed by atoms with Gasteiger partial charge in [0, 0.05) is 0 Å². The number of carbonyl (C=O) groups is 1. The van der Waals surface area contributed by atoms with Crippen LogP contribution in [0.5, 0.6) is 0 Å². The SMILES string of the molecule is CC(/C=C/c1ccccc1)=C\C(O)C/C(C)=C/C=O. The summed E-state index contributed by atoms with van der Waals surface area (Å²) < 4.78 is 0. The number of rotatable bonds is 6. The largest absolute Gasteiger partial charge is 0.389 e. The number of benzene rings is 1. The summed E-state index contributed by atoms with van der Waals surface area (Å²) in [7, 11) is 0. The van der Waals surface area contributed by atoms with Gasteiger partial charge in [-0.3, -0.25) is 4.79 Å². The predicted octanol–water partition coefficient (Wildman–Crippen LogP) is 3.54. The highest BCUT2D eigenvalue weighted by atomic mass is 16.3. The van der Waals surface area contributed by atoms with Crippen LogP contribution in [0.2, 0.25) is 0 Å². The molecule has 0 saturated heterocycles. The molecule has 0 aromatic heterocycles. The Morgan fingerprint density at radius 1 is 1.26 bits per heavy atom. The lowest BCUT2D eigenvalue weighted by atomic mass is 10.1. The van der Waals surface area contributed by atoms with Crippen LogP contribution in [-0.4, -0.2) is 17.5 Å². The highest BCUT2D eigenvalue weighted by Gasteiger charge is 2.01. The fraction of sp³-hybridized carbons (Fsp3) is 0.235. The molecule has 0 bridgehead atoms. The van der Waals surface area contributed by atoms with Crippen molar-refractivity contribution >= 4 is 12.4 Å². The van der Waals surface area contributed by atoms with Gasteiger partial charge < -0.3 is 5.11 Å². The average molecular weight is 256 g/mol. The second-order valence-electron chi connectivity index (χ2n) is 4.58. The van der Waals surface area contributed by atoms with Gasteiger partial charge in [-0.1, -0.05) is 59.7 Å². The molecule has 0 aliphatic carbocycles. The fourth-order valence-electron chi connectivity index (χ4n) is 1.72.